The lowest BCUT2D eigenvalue weighted by Gasteiger charge is -2.35. The molecule has 0 aliphatic carbocycles. The maximum absolute atomic E-state index is 13.8. The fourth-order valence-electron chi connectivity index (χ4n) is 4.97. The summed E-state index contributed by atoms with van der Waals surface area (Å²) in [5.74, 6) is -0.615. The average Bonchev–Trinajstić information content (AvgIpc) is 3.19. The van der Waals surface area contributed by atoms with Gasteiger partial charge in [-0.15, -0.1) is 0 Å². The molecule has 2 heterocycles. The fraction of sp³-hybridized carbons (Fsp3) is 0.276. The van der Waals surface area contributed by atoms with Crippen LogP contribution in [0.1, 0.15) is 29.5 Å². The van der Waals surface area contributed by atoms with Crippen molar-refractivity contribution in [3.05, 3.63) is 95.3 Å². The fourth-order valence-corrected chi connectivity index (χ4v) is 4.97. The van der Waals surface area contributed by atoms with Gasteiger partial charge in [0.1, 0.15) is 5.82 Å². The van der Waals surface area contributed by atoms with Crippen molar-refractivity contribution in [2.45, 2.75) is 25.4 Å². The zero-order valence-electron chi connectivity index (χ0n) is 20.2. The summed E-state index contributed by atoms with van der Waals surface area (Å²) in [6.07, 6.45) is 2.40. The van der Waals surface area contributed by atoms with Crippen molar-refractivity contribution in [1.29, 1.82) is 0 Å². The summed E-state index contributed by atoms with van der Waals surface area (Å²) in [4.78, 5) is 17.8. The van der Waals surface area contributed by atoms with Gasteiger partial charge < -0.3 is 15.5 Å². The summed E-state index contributed by atoms with van der Waals surface area (Å²) < 4.78 is 13.8. The Bertz CT molecular complexity index is 1230. The van der Waals surface area contributed by atoms with E-state index < -0.39 is 0 Å². The van der Waals surface area contributed by atoms with E-state index in [4.69, 9.17) is 0 Å². The van der Waals surface area contributed by atoms with Gasteiger partial charge in [0.2, 0.25) is 0 Å². The second kappa shape index (κ2) is 10.0. The van der Waals surface area contributed by atoms with Crippen molar-refractivity contribution < 1.29 is 9.18 Å². The van der Waals surface area contributed by atoms with Crippen LogP contribution < -0.4 is 10.6 Å². The predicted molar refractivity (Wildman–Crippen MR) is 140 cm³/mol. The summed E-state index contributed by atoms with van der Waals surface area (Å²) in [6, 6.07) is 23.3. The minimum atomic E-state index is -0.374. The van der Waals surface area contributed by atoms with E-state index in [2.05, 4.69) is 58.8 Å². The van der Waals surface area contributed by atoms with Crippen LogP contribution in [0.15, 0.2) is 72.8 Å². The molecular weight excluding hydrogens is 439 g/mol. The van der Waals surface area contributed by atoms with Crippen molar-refractivity contribution in [2.24, 2.45) is 0 Å². The zero-order chi connectivity index (χ0) is 24.4. The van der Waals surface area contributed by atoms with Crippen LogP contribution in [0.5, 0.6) is 0 Å². The molecule has 2 aliphatic heterocycles. The summed E-state index contributed by atoms with van der Waals surface area (Å²) in [5.41, 5.74) is 5.46. The molecule has 1 fully saturated rings. The SMILES string of the molecule is CN(C)C1CCN(Cc2ccc(NC(=C3C(=O)Nc4cc(F)ccc43)c3ccccc3)cc2)CC1. The number of carbonyl (C=O) groups excluding carboxylic acids is 1. The minimum Gasteiger partial charge on any atom is -0.354 e. The first-order valence-electron chi connectivity index (χ1n) is 12.1. The lowest BCUT2D eigenvalue weighted by atomic mass is 10.00. The van der Waals surface area contributed by atoms with Crippen LogP contribution in [-0.2, 0) is 11.3 Å². The van der Waals surface area contributed by atoms with Gasteiger partial charge >= 0.3 is 0 Å². The Labute approximate surface area is 206 Å². The normalized spacial score (nSPS) is 17.9. The summed E-state index contributed by atoms with van der Waals surface area (Å²) >= 11 is 0. The first kappa shape index (κ1) is 23.3. The standard InChI is InChI=1S/C29H31FN4O/c1-33(2)24-14-16-34(17-15-24)19-20-8-11-23(12-9-20)31-28(21-6-4-3-5-7-21)27-25-13-10-22(30)18-26(25)32-29(27)35/h3-13,18,24,31H,14-17,19H2,1-2H3,(H,32,35). The Hall–Kier alpha value is -3.48. The van der Waals surface area contributed by atoms with E-state index in [-0.39, 0.29) is 11.7 Å². The molecule has 1 saturated heterocycles. The number of anilines is 2. The van der Waals surface area contributed by atoms with Crippen LogP contribution in [0.2, 0.25) is 0 Å². The number of hydrogen-bond donors (Lipinski definition) is 2. The first-order chi connectivity index (χ1) is 17.0. The monoisotopic (exact) mass is 470 g/mol. The summed E-state index contributed by atoms with van der Waals surface area (Å²) in [6.45, 7) is 3.17. The van der Waals surface area contributed by atoms with E-state index in [1.54, 1.807) is 6.07 Å². The summed E-state index contributed by atoms with van der Waals surface area (Å²) in [5, 5.41) is 6.28. The van der Waals surface area contributed by atoms with Gasteiger partial charge in [0.15, 0.2) is 0 Å². The Morgan fingerprint density at radius 1 is 1.03 bits per heavy atom. The molecule has 6 heteroatoms. The molecule has 0 unspecified atom stereocenters. The van der Waals surface area contributed by atoms with Crippen LogP contribution in [0.3, 0.4) is 0 Å². The smallest absolute Gasteiger partial charge is 0.258 e. The Morgan fingerprint density at radius 2 is 1.74 bits per heavy atom. The maximum Gasteiger partial charge on any atom is 0.258 e. The topological polar surface area (TPSA) is 47.6 Å². The molecule has 3 aromatic carbocycles. The van der Waals surface area contributed by atoms with Crippen LogP contribution in [0.25, 0.3) is 11.3 Å². The molecule has 2 aliphatic rings. The number of nitrogens with zero attached hydrogens (tertiary/aromatic N) is 2. The van der Waals surface area contributed by atoms with Gasteiger partial charge in [-0.05, 0) is 81.5 Å². The van der Waals surface area contributed by atoms with Crippen molar-refractivity contribution in [3.63, 3.8) is 0 Å². The van der Waals surface area contributed by atoms with E-state index in [0.717, 1.165) is 30.9 Å². The molecule has 0 radical (unpaired) electrons. The second-order valence-electron chi connectivity index (χ2n) is 9.55. The van der Waals surface area contributed by atoms with Gasteiger partial charge in [-0.25, -0.2) is 4.39 Å². The van der Waals surface area contributed by atoms with E-state index in [0.29, 0.717) is 28.6 Å². The van der Waals surface area contributed by atoms with Gasteiger partial charge in [-0.3, -0.25) is 9.69 Å². The Kier molecular flexibility index (Phi) is 6.66. The summed E-state index contributed by atoms with van der Waals surface area (Å²) in [7, 11) is 4.33. The molecule has 180 valence electrons. The van der Waals surface area contributed by atoms with Gasteiger partial charge in [-0.2, -0.15) is 0 Å². The molecule has 5 rings (SSSR count). The van der Waals surface area contributed by atoms with Crippen LogP contribution >= 0.6 is 0 Å². The molecule has 1 amide bonds. The number of nitrogens with one attached hydrogen (secondary N) is 2. The number of carbonyl (C=O) groups is 1. The number of amides is 1. The highest BCUT2D eigenvalue weighted by Gasteiger charge is 2.29. The Balaban J connectivity index is 1.38. The van der Waals surface area contributed by atoms with Crippen molar-refractivity contribution in [1.82, 2.24) is 9.80 Å². The third-order valence-corrected chi connectivity index (χ3v) is 6.96. The molecule has 0 bridgehead atoms. The van der Waals surface area contributed by atoms with Crippen molar-refractivity contribution >= 4 is 28.6 Å². The van der Waals surface area contributed by atoms with Crippen LogP contribution in [-0.4, -0.2) is 48.9 Å². The van der Waals surface area contributed by atoms with Crippen LogP contribution in [0.4, 0.5) is 15.8 Å². The quantitative estimate of drug-likeness (QED) is 0.481. The predicted octanol–water partition coefficient (Wildman–Crippen LogP) is 5.28. The molecule has 2 N–H and O–H groups in total. The van der Waals surface area contributed by atoms with E-state index >= 15 is 0 Å². The molecule has 3 aromatic rings. The second-order valence-corrected chi connectivity index (χ2v) is 9.55. The van der Waals surface area contributed by atoms with Crippen LogP contribution in [0, 0.1) is 5.82 Å². The highest BCUT2D eigenvalue weighted by atomic mass is 19.1. The number of piperidine rings is 1. The molecule has 0 saturated carbocycles. The number of halogens is 1. The first-order valence-corrected chi connectivity index (χ1v) is 12.1. The van der Waals surface area contributed by atoms with E-state index in [9.17, 15) is 9.18 Å². The number of fused-ring (bicyclic) bond motifs is 1. The van der Waals surface area contributed by atoms with Gasteiger partial charge in [-0.1, -0.05) is 42.5 Å². The zero-order valence-corrected chi connectivity index (χ0v) is 20.2. The largest absolute Gasteiger partial charge is 0.354 e. The third kappa shape index (κ3) is 5.14. The lowest BCUT2D eigenvalue weighted by molar-refractivity contribution is -0.110. The molecule has 0 atom stereocenters. The van der Waals surface area contributed by atoms with Gasteiger partial charge in [0.05, 0.1) is 17.0 Å². The maximum atomic E-state index is 13.8. The van der Waals surface area contributed by atoms with E-state index in [1.807, 2.05) is 30.3 Å². The van der Waals surface area contributed by atoms with Crippen molar-refractivity contribution in [3.8, 4) is 0 Å². The third-order valence-electron chi connectivity index (χ3n) is 6.96. The lowest BCUT2D eigenvalue weighted by Crippen LogP contribution is -2.41. The molecule has 5 nitrogen and oxygen atoms in total. The van der Waals surface area contributed by atoms with Crippen molar-refractivity contribution in [2.75, 3.05) is 37.8 Å². The Morgan fingerprint density at radius 3 is 2.43 bits per heavy atom. The number of hydrogen-bond acceptors (Lipinski definition) is 4. The van der Waals surface area contributed by atoms with E-state index in [1.165, 1.54) is 30.5 Å². The van der Waals surface area contributed by atoms with Gasteiger partial charge in [0, 0.05) is 23.8 Å². The highest BCUT2D eigenvalue weighted by Crippen LogP contribution is 2.37. The number of benzene rings is 3. The highest BCUT2D eigenvalue weighted by molar-refractivity contribution is 6.37. The number of rotatable bonds is 6. The van der Waals surface area contributed by atoms with Gasteiger partial charge in [0.25, 0.3) is 5.91 Å². The average molecular weight is 471 g/mol. The minimum absolute atomic E-state index is 0.241. The number of likely N-dealkylation sites (tertiary alicyclic amines) is 1. The molecule has 0 aromatic heterocycles. The molecule has 35 heavy (non-hydrogen) atoms. The molecular formula is C29H31FN4O. The molecule has 0 spiro atoms.